The van der Waals surface area contributed by atoms with Crippen molar-refractivity contribution in [2.24, 2.45) is 62.6 Å². The first-order chi connectivity index (χ1) is 30.7. The van der Waals surface area contributed by atoms with Crippen molar-refractivity contribution < 1.29 is 38.2 Å². The molecule has 7 aliphatic rings. The topological polar surface area (TPSA) is 137 Å². The Morgan fingerprint density at radius 3 is 2.03 bits per heavy atom. The van der Waals surface area contributed by atoms with E-state index in [1.807, 2.05) is 65.0 Å². The number of esters is 2. The van der Waals surface area contributed by atoms with Gasteiger partial charge >= 0.3 is 18.0 Å². The highest BCUT2D eigenvalue weighted by Gasteiger charge is 2.71. The summed E-state index contributed by atoms with van der Waals surface area (Å²) in [4.78, 5) is 69.9. The third-order valence-electron chi connectivity index (χ3n) is 19.9. The van der Waals surface area contributed by atoms with Crippen LogP contribution in [0.15, 0.2) is 41.5 Å². The Labute approximate surface area is 395 Å². The summed E-state index contributed by atoms with van der Waals surface area (Å²) in [5.41, 5.74) is -0.403. The third-order valence-corrected chi connectivity index (χ3v) is 19.9. The molecule has 2 amide bonds. The van der Waals surface area contributed by atoms with E-state index in [0.29, 0.717) is 37.5 Å². The number of fused-ring (bicyclic) bond motifs is 7. The van der Waals surface area contributed by atoms with Crippen LogP contribution in [0.4, 0.5) is 4.79 Å². The van der Waals surface area contributed by atoms with Gasteiger partial charge in [0.25, 0.3) is 0 Å². The molecule has 0 saturated heterocycles. The molecule has 6 saturated carbocycles. The van der Waals surface area contributed by atoms with Crippen molar-refractivity contribution in [3.63, 3.8) is 0 Å². The first kappa shape index (κ1) is 48.8. The number of hydrogen-bond donors (Lipinski definition) is 2. The molecule has 0 unspecified atom stereocenters. The first-order valence-corrected chi connectivity index (χ1v) is 25.8. The van der Waals surface area contributed by atoms with Crippen LogP contribution < -0.4 is 10.6 Å². The van der Waals surface area contributed by atoms with Gasteiger partial charge in [-0.1, -0.05) is 112 Å². The number of ether oxygens (including phenoxy) is 3. The molecule has 10 atom stereocenters. The van der Waals surface area contributed by atoms with E-state index in [4.69, 9.17) is 14.2 Å². The summed E-state index contributed by atoms with van der Waals surface area (Å²) >= 11 is 0. The molecule has 364 valence electrons. The minimum absolute atomic E-state index is 0.0133. The number of nitrogens with one attached hydrogen (secondary N) is 2. The van der Waals surface area contributed by atoms with Crippen molar-refractivity contribution in [2.75, 3.05) is 0 Å². The van der Waals surface area contributed by atoms with Gasteiger partial charge in [-0.15, -0.1) is 0 Å². The van der Waals surface area contributed by atoms with E-state index in [9.17, 15) is 24.0 Å². The molecule has 1 aromatic rings. The van der Waals surface area contributed by atoms with Crippen molar-refractivity contribution in [3.05, 3.63) is 47.0 Å². The van der Waals surface area contributed by atoms with Gasteiger partial charge in [-0.05, 0) is 153 Å². The summed E-state index contributed by atoms with van der Waals surface area (Å²) in [6.07, 6.45) is 11.2. The maximum atomic E-state index is 14.9. The number of alkyl carbamates (subject to hydrolysis) is 1. The fourth-order valence-corrected chi connectivity index (χ4v) is 16.1. The van der Waals surface area contributed by atoms with Crippen LogP contribution in [0.3, 0.4) is 0 Å². The second-order valence-electron chi connectivity index (χ2n) is 25.5. The number of hydrogen-bond acceptors (Lipinski definition) is 8. The number of amides is 2. The zero-order valence-electron chi connectivity index (χ0n) is 42.5. The lowest BCUT2D eigenvalue weighted by Gasteiger charge is -2.72. The molecular formula is C56H82N2O8. The zero-order valence-corrected chi connectivity index (χ0v) is 42.5. The monoisotopic (exact) mass is 911 g/mol. The quantitative estimate of drug-likeness (QED) is 0.185. The molecule has 0 aromatic heterocycles. The van der Waals surface area contributed by atoms with Crippen molar-refractivity contribution in [3.8, 4) is 0 Å². The standard InChI is InChI=1S/C56H82N2O8/c1-34(2)43-39(59)32-56(57-47(62)55(25-17-14-18-26-55)58-48(63)66-49(3,4)5)30-29-53(11)36(44(43)56)21-22-41-52(10)27-24-42(51(8,9)40(52)23-28-54(41,53)12)65-46(61)38-31-37(50(38,6)7)45(60)64-33-35-19-15-13-16-20-35/h13,15-16,19-20,34,36-38,40-42H,14,17-18,21-33H2,1-12H3,(H,57,62)(H,58,63)/t36-,37+,38-,40+,41-,42+,52+,53-,54-,56-/m1/s1. The maximum Gasteiger partial charge on any atom is 0.408 e. The molecule has 7 aliphatic carbocycles. The molecule has 0 aliphatic heterocycles. The molecule has 10 nitrogen and oxygen atoms in total. The summed E-state index contributed by atoms with van der Waals surface area (Å²) in [7, 11) is 0. The second-order valence-corrected chi connectivity index (χ2v) is 25.5. The largest absolute Gasteiger partial charge is 0.462 e. The number of Topliss-reactive ketones (excluding diaryl/α,β-unsaturated/α-hetero) is 1. The van der Waals surface area contributed by atoms with Gasteiger partial charge in [-0.3, -0.25) is 19.2 Å². The molecule has 10 heteroatoms. The van der Waals surface area contributed by atoms with Gasteiger partial charge in [-0.2, -0.15) is 0 Å². The average Bonchev–Trinajstić information content (AvgIpc) is 3.52. The molecule has 8 rings (SSSR count). The highest BCUT2D eigenvalue weighted by Crippen LogP contribution is 2.76. The average molecular weight is 911 g/mol. The lowest BCUT2D eigenvalue weighted by molar-refractivity contribution is -0.235. The molecule has 66 heavy (non-hydrogen) atoms. The van der Waals surface area contributed by atoms with Crippen molar-refractivity contribution >= 4 is 29.7 Å². The summed E-state index contributed by atoms with van der Waals surface area (Å²) < 4.78 is 18.0. The van der Waals surface area contributed by atoms with Crippen molar-refractivity contribution in [2.45, 2.75) is 209 Å². The highest BCUT2D eigenvalue weighted by atomic mass is 16.6. The zero-order chi connectivity index (χ0) is 48.0. The first-order valence-electron chi connectivity index (χ1n) is 25.8. The van der Waals surface area contributed by atoms with Crippen LogP contribution in [0, 0.1) is 62.6 Å². The predicted octanol–water partition coefficient (Wildman–Crippen LogP) is 11.4. The van der Waals surface area contributed by atoms with Crippen molar-refractivity contribution in [1.29, 1.82) is 0 Å². The lowest BCUT2D eigenvalue weighted by Crippen LogP contribution is -2.69. The Bertz CT molecular complexity index is 2130. The van der Waals surface area contributed by atoms with Gasteiger partial charge in [0.1, 0.15) is 23.9 Å². The predicted molar refractivity (Wildman–Crippen MR) is 255 cm³/mol. The fourth-order valence-electron chi connectivity index (χ4n) is 16.1. The van der Waals surface area contributed by atoms with E-state index in [0.717, 1.165) is 75.3 Å². The summed E-state index contributed by atoms with van der Waals surface area (Å²) in [5.74, 6) is -0.186. The summed E-state index contributed by atoms with van der Waals surface area (Å²) in [5, 5.41) is 6.66. The van der Waals surface area contributed by atoms with E-state index in [-0.39, 0.29) is 88.1 Å². The number of carbonyl (C=O) groups is 5. The van der Waals surface area contributed by atoms with E-state index < -0.39 is 28.2 Å². The minimum Gasteiger partial charge on any atom is -0.462 e. The molecule has 0 radical (unpaired) electrons. The van der Waals surface area contributed by atoms with Crippen LogP contribution in [-0.4, -0.2) is 52.5 Å². The van der Waals surface area contributed by atoms with Gasteiger partial charge < -0.3 is 24.8 Å². The fraction of sp³-hybridized carbons (Fsp3) is 0.768. The van der Waals surface area contributed by atoms with Gasteiger partial charge in [0, 0.05) is 11.8 Å². The van der Waals surface area contributed by atoms with Crippen LogP contribution in [0.2, 0.25) is 0 Å². The molecule has 0 heterocycles. The van der Waals surface area contributed by atoms with Crippen LogP contribution in [-0.2, 0) is 40.0 Å². The van der Waals surface area contributed by atoms with E-state index >= 15 is 0 Å². The normalized spacial score (nSPS) is 37.5. The number of rotatable bonds is 9. The Morgan fingerprint density at radius 2 is 1.39 bits per heavy atom. The molecule has 2 N–H and O–H groups in total. The number of benzene rings is 1. The van der Waals surface area contributed by atoms with E-state index in [2.05, 4.69) is 59.1 Å². The molecular weight excluding hydrogens is 829 g/mol. The molecule has 1 aromatic carbocycles. The van der Waals surface area contributed by atoms with Gasteiger partial charge in [0.05, 0.1) is 17.4 Å². The van der Waals surface area contributed by atoms with Gasteiger partial charge in [-0.25, -0.2) is 4.79 Å². The third kappa shape index (κ3) is 7.86. The number of carbonyl (C=O) groups excluding carboxylic acids is 5. The summed E-state index contributed by atoms with van der Waals surface area (Å²) in [6.45, 7) is 26.3. The highest BCUT2D eigenvalue weighted by molar-refractivity contribution is 6.03. The van der Waals surface area contributed by atoms with E-state index in [1.54, 1.807) is 0 Å². The lowest BCUT2D eigenvalue weighted by atomic mass is 9.33. The van der Waals surface area contributed by atoms with Crippen LogP contribution in [0.25, 0.3) is 0 Å². The minimum atomic E-state index is -1.09. The Kier molecular flexibility index (Phi) is 12.4. The molecule has 0 spiro atoms. The molecule has 0 bridgehead atoms. The van der Waals surface area contributed by atoms with Crippen molar-refractivity contribution in [1.82, 2.24) is 10.6 Å². The van der Waals surface area contributed by atoms with Gasteiger partial charge in [0.15, 0.2) is 5.78 Å². The van der Waals surface area contributed by atoms with Crippen LogP contribution in [0.5, 0.6) is 0 Å². The Balaban J connectivity index is 0.995. The Morgan fingerprint density at radius 1 is 0.727 bits per heavy atom. The SMILES string of the molecule is CC(C)C1=C2[C@H]3CC[C@@H]4[C@@]5(C)CC[C@H](OC(=O)[C@H]6C[C@@H](C(=O)OCc7ccccc7)C6(C)C)C(C)(C)[C@@H]5CC[C@@]4(C)[C@]3(C)CC[C@@]2(NC(=O)C2(NC(=O)OC(C)(C)C)CCCCC2)CC1=O. The smallest absolute Gasteiger partial charge is 0.408 e. The van der Waals surface area contributed by atoms with Crippen LogP contribution in [0.1, 0.15) is 185 Å². The second kappa shape index (κ2) is 16.8. The number of allylic oxidation sites excluding steroid dienone is 1. The molecule has 6 fully saturated rings. The summed E-state index contributed by atoms with van der Waals surface area (Å²) in [6, 6.07) is 9.69. The maximum absolute atomic E-state index is 14.9. The van der Waals surface area contributed by atoms with E-state index in [1.165, 1.54) is 5.57 Å². The Hall–Kier alpha value is -3.69. The number of ketones is 1. The van der Waals surface area contributed by atoms with Gasteiger partial charge in [0.2, 0.25) is 5.91 Å². The van der Waals surface area contributed by atoms with Crippen LogP contribution >= 0.6 is 0 Å².